The number of methoxy groups -OCH3 is 1. The molecule has 1 N–H and O–H groups in total. The van der Waals surface area contributed by atoms with Gasteiger partial charge in [-0.15, -0.1) is 0 Å². The van der Waals surface area contributed by atoms with E-state index < -0.39 is 5.56 Å². The Morgan fingerprint density at radius 2 is 2.05 bits per heavy atom. The molecule has 1 aromatic carbocycles. The molecule has 2 aromatic rings. The zero-order valence-corrected chi connectivity index (χ0v) is 12.3. The molecule has 0 spiro atoms. The van der Waals surface area contributed by atoms with E-state index in [-0.39, 0.29) is 18.0 Å². The number of carbonyl (C=O) groups is 1. The number of hydrogen-bond acceptors (Lipinski definition) is 4. The number of aryl methyl sites for hydroxylation is 1. The van der Waals surface area contributed by atoms with E-state index in [1.54, 1.807) is 37.3 Å². The Bertz CT molecular complexity index is 803. The summed E-state index contributed by atoms with van der Waals surface area (Å²) in [6, 6.07) is 11.9. The molecule has 0 bridgehead atoms. The lowest BCUT2D eigenvalue weighted by Gasteiger charge is -2.12. The number of nitriles is 1. The quantitative estimate of drug-likeness (QED) is 0.930. The molecule has 0 unspecified atom stereocenters. The molecule has 0 radical (unpaired) electrons. The molecule has 0 saturated carbocycles. The van der Waals surface area contributed by atoms with Crippen molar-refractivity contribution in [3.63, 3.8) is 0 Å². The summed E-state index contributed by atoms with van der Waals surface area (Å²) in [6.45, 7) is 1.54. The highest BCUT2D eigenvalue weighted by molar-refractivity contribution is 5.92. The third-order valence-corrected chi connectivity index (χ3v) is 3.20. The third kappa shape index (κ3) is 3.15. The second kappa shape index (κ2) is 6.59. The van der Waals surface area contributed by atoms with Crippen molar-refractivity contribution < 1.29 is 9.53 Å². The highest BCUT2D eigenvalue weighted by atomic mass is 16.5. The predicted molar refractivity (Wildman–Crippen MR) is 81.8 cm³/mol. The van der Waals surface area contributed by atoms with Gasteiger partial charge in [-0.25, -0.2) is 0 Å². The Hall–Kier alpha value is -3.07. The minimum Gasteiger partial charge on any atom is -0.495 e. The van der Waals surface area contributed by atoms with Crippen LogP contribution in [0.4, 0.5) is 5.69 Å². The van der Waals surface area contributed by atoms with Gasteiger partial charge in [-0.1, -0.05) is 12.1 Å². The van der Waals surface area contributed by atoms with E-state index in [2.05, 4.69) is 5.32 Å². The standard InChI is InChI=1S/C16H15N3O3/c1-11-7-8-12(9-17)16(21)19(11)10-15(20)18-13-5-3-4-6-14(13)22-2/h3-8H,10H2,1-2H3,(H,18,20). The molecular formula is C16H15N3O3. The van der Waals surface area contributed by atoms with E-state index in [1.165, 1.54) is 17.7 Å². The number of benzene rings is 1. The first-order chi connectivity index (χ1) is 10.6. The smallest absolute Gasteiger partial charge is 0.269 e. The number of hydrogen-bond donors (Lipinski definition) is 1. The summed E-state index contributed by atoms with van der Waals surface area (Å²) in [5.41, 5.74) is 0.671. The molecule has 0 aliphatic heterocycles. The lowest BCUT2D eigenvalue weighted by atomic mass is 10.2. The molecule has 22 heavy (non-hydrogen) atoms. The average molecular weight is 297 g/mol. The number of ether oxygens (including phenoxy) is 1. The number of rotatable bonds is 4. The first-order valence-corrected chi connectivity index (χ1v) is 6.60. The van der Waals surface area contributed by atoms with Gasteiger partial charge in [0, 0.05) is 5.69 Å². The van der Waals surface area contributed by atoms with E-state index in [4.69, 9.17) is 10.00 Å². The molecule has 0 atom stereocenters. The number of anilines is 1. The summed E-state index contributed by atoms with van der Waals surface area (Å²) in [5.74, 6) is 0.162. The van der Waals surface area contributed by atoms with Crippen LogP contribution in [-0.4, -0.2) is 17.6 Å². The normalized spacial score (nSPS) is 9.86. The summed E-state index contributed by atoms with van der Waals surface area (Å²) in [4.78, 5) is 24.2. The van der Waals surface area contributed by atoms with Gasteiger partial charge in [-0.2, -0.15) is 5.26 Å². The molecule has 6 heteroatoms. The summed E-state index contributed by atoms with van der Waals surface area (Å²) >= 11 is 0. The Kier molecular flexibility index (Phi) is 4.59. The zero-order valence-electron chi connectivity index (χ0n) is 12.3. The van der Waals surface area contributed by atoms with Crippen LogP contribution >= 0.6 is 0 Å². The van der Waals surface area contributed by atoms with Crippen LogP contribution in [0.2, 0.25) is 0 Å². The fraction of sp³-hybridized carbons (Fsp3) is 0.188. The highest BCUT2D eigenvalue weighted by Gasteiger charge is 2.11. The highest BCUT2D eigenvalue weighted by Crippen LogP contribution is 2.22. The lowest BCUT2D eigenvalue weighted by Crippen LogP contribution is -2.30. The van der Waals surface area contributed by atoms with Gasteiger partial charge in [0.15, 0.2) is 0 Å². The number of amides is 1. The largest absolute Gasteiger partial charge is 0.495 e. The topological polar surface area (TPSA) is 84.1 Å². The van der Waals surface area contributed by atoms with Gasteiger partial charge in [-0.05, 0) is 31.2 Å². The van der Waals surface area contributed by atoms with Gasteiger partial charge in [0.1, 0.15) is 23.9 Å². The summed E-state index contributed by atoms with van der Waals surface area (Å²) < 4.78 is 6.42. The molecule has 6 nitrogen and oxygen atoms in total. The Labute approximate surface area is 127 Å². The molecule has 1 heterocycles. The molecule has 2 rings (SSSR count). The van der Waals surface area contributed by atoms with Crippen LogP contribution in [0.15, 0.2) is 41.2 Å². The first kappa shape index (κ1) is 15.3. The number of nitrogens with zero attached hydrogens (tertiary/aromatic N) is 2. The second-order valence-electron chi connectivity index (χ2n) is 4.64. The second-order valence-corrected chi connectivity index (χ2v) is 4.64. The molecule has 0 aliphatic carbocycles. The van der Waals surface area contributed by atoms with Crippen molar-refractivity contribution in [2.75, 3.05) is 12.4 Å². The van der Waals surface area contributed by atoms with Crippen LogP contribution in [-0.2, 0) is 11.3 Å². The Morgan fingerprint density at radius 1 is 1.32 bits per heavy atom. The van der Waals surface area contributed by atoms with E-state index in [0.29, 0.717) is 17.1 Å². The minimum absolute atomic E-state index is 0.00990. The first-order valence-electron chi connectivity index (χ1n) is 6.60. The van der Waals surface area contributed by atoms with Gasteiger partial charge in [0.2, 0.25) is 5.91 Å². The van der Waals surface area contributed by atoms with Crippen molar-refractivity contribution in [1.29, 1.82) is 5.26 Å². The van der Waals surface area contributed by atoms with Gasteiger partial charge in [-0.3, -0.25) is 9.59 Å². The van der Waals surface area contributed by atoms with E-state index in [9.17, 15) is 9.59 Å². The Morgan fingerprint density at radius 3 is 2.73 bits per heavy atom. The number of para-hydroxylation sites is 2. The van der Waals surface area contributed by atoms with Gasteiger partial charge in [0.05, 0.1) is 12.8 Å². The number of aromatic nitrogens is 1. The van der Waals surface area contributed by atoms with Crippen molar-refractivity contribution in [3.05, 3.63) is 58.0 Å². The average Bonchev–Trinajstić information content (AvgIpc) is 2.52. The molecule has 0 aliphatic rings. The van der Waals surface area contributed by atoms with Crippen LogP contribution < -0.4 is 15.6 Å². The SMILES string of the molecule is COc1ccccc1NC(=O)Cn1c(C)ccc(C#N)c1=O. The van der Waals surface area contributed by atoms with Gasteiger partial charge < -0.3 is 14.6 Å². The zero-order chi connectivity index (χ0) is 16.1. The van der Waals surface area contributed by atoms with Crippen molar-refractivity contribution in [3.8, 4) is 11.8 Å². The Balaban J connectivity index is 2.24. The number of nitrogens with one attached hydrogen (secondary N) is 1. The third-order valence-electron chi connectivity index (χ3n) is 3.20. The number of pyridine rings is 1. The molecule has 0 saturated heterocycles. The van der Waals surface area contributed by atoms with Crippen LogP contribution in [0.25, 0.3) is 0 Å². The van der Waals surface area contributed by atoms with Crippen LogP contribution in [0.3, 0.4) is 0 Å². The number of carbonyl (C=O) groups excluding carboxylic acids is 1. The van der Waals surface area contributed by atoms with E-state index >= 15 is 0 Å². The summed E-state index contributed by atoms with van der Waals surface area (Å²) in [6.07, 6.45) is 0. The van der Waals surface area contributed by atoms with Crippen LogP contribution in [0.1, 0.15) is 11.3 Å². The maximum atomic E-state index is 12.1. The molecular weight excluding hydrogens is 282 g/mol. The lowest BCUT2D eigenvalue weighted by molar-refractivity contribution is -0.116. The molecule has 1 aromatic heterocycles. The van der Waals surface area contributed by atoms with Crippen LogP contribution in [0.5, 0.6) is 5.75 Å². The molecule has 0 fully saturated rings. The summed E-state index contributed by atoms with van der Waals surface area (Å²) in [7, 11) is 1.51. The van der Waals surface area contributed by atoms with E-state index in [1.807, 2.05) is 6.07 Å². The summed E-state index contributed by atoms with van der Waals surface area (Å²) in [5, 5.41) is 11.6. The monoisotopic (exact) mass is 297 g/mol. The van der Waals surface area contributed by atoms with Gasteiger partial charge >= 0.3 is 0 Å². The fourth-order valence-corrected chi connectivity index (χ4v) is 2.03. The van der Waals surface area contributed by atoms with Crippen molar-refractivity contribution in [1.82, 2.24) is 4.57 Å². The predicted octanol–water partition coefficient (Wildman–Crippen LogP) is 1.68. The maximum absolute atomic E-state index is 12.1. The van der Waals surface area contributed by atoms with Crippen LogP contribution in [0, 0.1) is 18.3 Å². The molecule has 1 amide bonds. The molecule has 112 valence electrons. The maximum Gasteiger partial charge on any atom is 0.269 e. The minimum atomic E-state index is -0.474. The van der Waals surface area contributed by atoms with Crippen molar-refractivity contribution in [2.45, 2.75) is 13.5 Å². The van der Waals surface area contributed by atoms with Crippen molar-refractivity contribution >= 4 is 11.6 Å². The van der Waals surface area contributed by atoms with Crippen molar-refractivity contribution in [2.24, 2.45) is 0 Å². The fourth-order valence-electron chi connectivity index (χ4n) is 2.03. The van der Waals surface area contributed by atoms with E-state index in [0.717, 1.165) is 0 Å². The van der Waals surface area contributed by atoms with Gasteiger partial charge in [0.25, 0.3) is 5.56 Å².